The summed E-state index contributed by atoms with van der Waals surface area (Å²) in [5.74, 6) is -0.953. The van der Waals surface area contributed by atoms with E-state index < -0.39 is 6.10 Å². The van der Waals surface area contributed by atoms with Gasteiger partial charge >= 0.3 is 17.9 Å². The predicted molar refractivity (Wildman–Crippen MR) is 274 cm³/mol. The molecule has 0 aromatic rings. The Hall–Kier alpha value is -3.41. The Balaban J connectivity index is 4.40. The van der Waals surface area contributed by atoms with Crippen molar-refractivity contribution in [1.29, 1.82) is 0 Å². The van der Waals surface area contributed by atoms with Crippen LogP contribution in [0.15, 0.2) is 85.1 Å². The van der Waals surface area contributed by atoms with Crippen molar-refractivity contribution in [3.05, 3.63) is 85.1 Å². The monoisotopic (exact) mass is 891 g/mol. The molecule has 0 N–H and O–H groups in total. The summed E-state index contributed by atoms with van der Waals surface area (Å²) in [5, 5.41) is 0. The van der Waals surface area contributed by atoms with Crippen LogP contribution in [0.25, 0.3) is 0 Å². The van der Waals surface area contributed by atoms with Gasteiger partial charge in [-0.05, 0) is 96.3 Å². The quantitative estimate of drug-likeness (QED) is 0.0262. The SMILES string of the molecule is CC/C=C\C/C=C\C/C=C\C/C=C\CCCCC(=O)OC(COC(=O)CCCCCCCC/C=C\C/C=C\C/C=C\CCCCCCC)COC(=O)CCCCCCCCCCCC. The Morgan fingerprint density at radius 1 is 0.328 bits per heavy atom. The molecule has 0 aliphatic heterocycles. The molecule has 0 aliphatic rings. The Kier molecular flexibility index (Phi) is 49.4. The molecule has 0 aliphatic carbocycles. The van der Waals surface area contributed by atoms with Crippen molar-refractivity contribution >= 4 is 17.9 Å². The maximum atomic E-state index is 12.8. The number of rotatable bonds is 47. The average Bonchev–Trinajstić information content (AvgIpc) is 3.29. The van der Waals surface area contributed by atoms with Gasteiger partial charge in [-0.1, -0.05) is 215 Å². The molecule has 64 heavy (non-hydrogen) atoms. The summed E-state index contributed by atoms with van der Waals surface area (Å²) in [5.41, 5.74) is 0. The molecule has 0 rings (SSSR count). The smallest absolute Gasteiger partial charge is 0.306 e. The van der Waals surface area contributed by atoms with Crippen LogP contribution in [0.2, 0.25) is 0 Å². The minimum atomic E-state index is -0.801. The summed E-state index contributed by atoms with van der Waals surface area (Å²) in [6, 6.07) is 0. The maximum Gasteiger partial charge on any atom is 0.306 e. The fourth-order valence-corrected chi connectivity index (χ4v) is 7.15. The zero-order chi connectivity index (χ0) is 46.5. The highest BCUT2D eigenvalue weighted by Crippen LogP contribution is 2.14. The first-order valence-corrected chi connectivity index (χ1v) is 26.6. The highest BCUT2D eigenvalue weighted by Gasteiger charge is 2.19. The molecule has 366 valence electrons. The maximum absolute atomic E-state index is 12.8. The summed E-state index contributed by atoms with van der Waals surface area (Å²) in [4.78, 5) is 37.9. The van der Waals surface area contributed by atoms with E-state index in [1.165, 1.54) is 103 Å². The Bertz CT molecular complexity index is 1250. The lowest BCUT2D eigenvalue weighted by molar-refractivity contribution is -0.167. The summed E-state index contributed by atoms with van der Waals surface area (Å²) in [6.45, 7) is 6.45. The van der Waals surface area contributed by atoms with Gasteiger partial charge in [0.25, 0.3) is 0 Å². The van der Waals surface area contributed by atoms with E-state index in [0.717, 1.165) is 96.3 Å². The number of esters is 3. The summed E-state index contributed by atoms with van der Waals surface area (Å²) in [7, 11) is 0. The van der Waals surface area contributed by atoms with E-state index in [9.17, 15) is 14.4 Å². The van der Waals surface area contributed by atoms with Gasteiger partial charge in [-0.25, -0.2) is 0 Å². The molecular weight excluding hydrogens is 793 g/mol. The second-order valence-corrected chi connectivity index (χ2v) is 17.4. The van der Waals surface area contributed by atoms with Crippen LogP contribution in [0.4, 0.5) is 0 Å². The first kappa shape index (κ1) is 60.6. The molecule has 0 heterocycles. The van der Waals surface area contributed by atoms with Gasteiger partial charge in [0.2, 0.25) is 0 Å². The molecule has 0 radical (unpaired) electrons. The van der Waals surface area contributed by atoms with Gasteiger partial charge in [0.15, 0.2) is 6.10 Å². The van der Waals surface area contributed by atoms with Crippen LogP contribution < -0.4 is 0 Å². The van der Waals surface area contributed by atoms with Crippen LogP contribution in [0.3, 0.4) is 0 Å². The second kappa shape index (κ2) is 52.2. The Morgan fingerprint density at radius 3 is 0.984 bits per heavy atom. The van der Waals surface area contributed by atoms with E-state index in [1.54, 1.807) is 0 Å². The van der Waals surface area contributed by atoms with E-state index in [1.807, 2.05) is 0 Å². The third-order valence-electron chi connectivity index (χ3n) is 11.1. The van der Waals surface area contributed by atoms with Crippen molar-refractivity contribution in [3.8, 4) is 0 Å². The summed E-state index contributed by atoms with van der Waals surface area (Å²) >= 11 is 0. The van der Waals surface area contributed by atoms with Crippen molar-refractivity contribution in [2.24, 2.45) is 0 Å². The highest BCUT2D eigenvalue weighted by atomic mass is 16.6. The van der Waals surface area contributed by atoms with Gasteiger partial charge in [-0.3, -0.25) is 14.4 Å². The van der Waals surface area contributed by atoms with Gasteiger partial charge in [-0.2, -0.15) is 0 Å². The lowest BCUT2D eigenvalue weighted by Gasteiger charge is -2.18. The molecule has 0 saturated heterocycles. The highest BCUT2D eigenvalue weighted by molar-refractivity contribution is 5.71. The van der Waals surface area contributed by atoms with Crippen LogP contribution in [-0.2, 0) is 28.6 Å². The van der Waals surface area contributed by atoms with E-state index in [0.29, 0.717) is 19.3 Å². The van der Waals surface area contributed by atoms with Crippen LogP contribution in [-0.4, -0.2) is 37.2 Å². The lowest BCUT2D eigenvalue weighted by atomic mass is 10.1. The standard InChI is InChI=1S/C58H98O6/c1-4-7-10-13-16-19-22-24-26-27-28-29-30-31-33-34-36-39-42-45-48-51-57(60)63-54-55(53-62-56(59)50-47-44-41-38-21-18-15-12-9-6-3)64-58(61)52-49-46-43-40-37-35-32-25-23-20-17-14-11-8-5-2/h8,11,17,20,22,24-25,27-28,30-32,37,40,55H,4-7,9-10,12-16,18-19,21,23,26,29,33-36,38-39,41-54H2,1-3H3/b11-8-,20-17-,24-22-,28-27-,31-30-,32-25-,40-37-. The van der Waals surface area contributed by atoms with Crippen molar-refractivity contribution in [1.82, 2.24) is 0 Å². The Labute approximate surface area is 395 Å². The normalized spacial score (nSPS) is 12.7. The Morgan fingerprint density at radius 2 is 0.609 bits per heavy atom. The summed E-state index contributed by atoms with van der Waals surface area (Å²) < 4.78 is 16.7. The van der Waals surface area contributed by atoms with Crippen molar-refractivity contribution in [2.45, 2.75) is 252 Å². The molecule has 1 atom stereocenters. The number of carbonyl (C=O) groups is 3. The van der Waals surface area contributed by atoms with Gasteiger partial charge < -0.3 is 14.2 Å². The van der Waals surface area contributed by atoms with Gasteiger partial charge in [0.05, 0.1) is 0 Å². The number of unbranched alkanes of at least 4 members (excludes halogenated alkanes) is 22. The molecule has 0 amide bonds. The number of ether oxygens (including phenoxy) is 3. The topological polar surface area (TPSA) is 78.9 Å². The zero-order valence-corrected chi connectivity index (χ0v) is 41.8. The molecule has 1 unspecified atom stereocenters. The second-order valence-electron chi connectivity index (χ2n) is 17.4. The van der Waals surface area contributed by atoms with E-state index >= 15 is 0 Å². The number of carbonyl (C=O) groups excluding carboxylic acids is 3. The molecule has 6 heteroatoms. The van der Waals surface area contributed by atoms with Crippen molar-refractivity contribution in [2.75, 3.05) is 13.2 Å². The fraction of sp³-hybridized carbons (Fsp3) is 0.707. The lowest BCUT2D eigenvalue weighted by Crippen LogP contribution is -2.30. The van der Waals surface area contributed by atoms with Gasteiger partial charge in [0.1, 0.15) is 13.2 Å². The van der Waals surface area contributed by atoms with Crippen molar-refractivity contribution < 1.29 is 28.6 Å². The predicted octanol–water partition coefficient (Wildman–Crippen LogP) is 17.6. The molecule has 0 bridgehead atoms. The molecule has 0 saturated carbocycles. The third kappa shape index (κ3) is 49.6. The van der Waals surface area contributed by atoms with E-state index in [4.69, 9.17) is 14.2 Å². The first-order chi connectivity index (χ1) is 31.5. The number of hydrogen-bond acceptors (Lipinski definition) is 6. The molecule has 0 aromatic carbocycles. The number of hydrogen-bond donors (Lipinski definition) is 0. The van der Waals surface area contributed by atoms with Gasteiger partial charge in [-0.15, -0.1) is 0 Å². The van der Waals surface area contributed by atoms with Crippen molar-refractivity contribution in [3.63, 3.8) is 0 Å². The minimum Gasteiger partial charge on any atom is -0.462 e. The molecule has 0 aromatic heterocycles. The fourth-order valence-electron chi connectivity index (χ4n) is 7.15. The van der Waals surface area contributed by atoms with E-state index in [2.05, 4.69) is 106 Å². The van der Waals surface area contributed by atoms with Crippen LogP contribution in [0.1, 0.15) is 245 Å². The first-order valence-electron chi connectivity index (χ1n) is 26.6. The largest absolute Gasteiger partial charge is 0.462 e. The molecule has 0 spiro atoms. The number of allylic oxidation sites excluding steroid dienone is 14. The average molecular weight is 891 g/mol. The minimum absolute atomic E-state index is 0.0968. The third-order valence-corrected chi connectivity index (χ3v) is 11.1. The molecular formula is C58H98O6. The zero-order valence-electron chi connectivity index (χ0n) is 41.8. The van der Waals surface area contributed by atoms with Crippen LogP contribution in [0, 0.1) is 0 Å². The van der Waals surface area contributed by atoms with Crippen LogP contribution >= 0.6 is 0 Å². The van der Waals surface area contributed by atoms with Crippen LogP contribution in [0.5, 0.6) is 0 Å². The molecule has 6 nitrogen and oxygen atoms in total. The van der Waals surface area contributed by atoms with Gasteiger partial charge in [0, 0.05) is 19.3 Å². The molecule has 0 fully saturated rings. The van der Waals surface area contributed by atoms with E-state index in [-0.39, 0.29) is 37.5 Å². The summed E-state index contributed by atoms with van der Waals surface area (Å²) in [6.07, 6.45) is 67.2.